The minimum atomic E-state index is -0.436. The molecule has 0 aromatic heterocycles. The molecule has 5 nitrogen and oxygen atoms in total. The van der Waals surface area contributed by atoms with E-state index in [9.17, 15) is 4.79 Å². The van der Waals surface area contributed by atoms with E-state index >= 15 is 0 Å². The summed E-state index contributed by atoms with van der Waals surface area (Å²) in [4.78, 5) is 14.8. The molecule has 1 saturated heterocycles. The zero-order valence-electron chi connectivity index (χ0n) is 17.7. The predicted molar refractivity (Wildman–Crippen MR) is 122 cm³/mol. The highest BCUT2D eigenvalue weighted by Gasteiger charge is 2.50. The summed E-state index contributed by atoms with van der Waals surface area (Å²) < 4.78 is 5.62. The first-order chi connectivity index (χ1) is 15.1. The highest BCUT2D eigenvalue weighted by atomic mass is 16.6. The molecule has 2 atom stereocenters. The van der Waals surface area contributed by atoms with Crippen LogP contribution in [0.4, 0.5) is 10.5 Å². The molecule has 3 aromatic carbocycles. The minimum absolute atomic E-state index is 0.00992. The van der Waals surface area contributed by atoms with Gasteiger partial charge in [0.05, 0.1) is 6.17 Å². The number of benzene rings is 3. The SMILES string of the molecule is C[C@@]12CCNC1N(Cc1ccccc1)c1ccc(OC(=O)NCc3ccccc3)cc12. The van der Waals surface area contributed by atoms with Crippen LogP contribution in [-0.4, -0.2) is 18.8 Å². The maximum absolute atomic E-state index is 12.3. The lowest BCUT2D eigenvalue weighted by Gasteiger charge is -2.31. The van der Waals surface area contributed by atoms with Gasteiger partial charge in [-0.3, -0.25) is 5.32 Å². The summed E-state index contributed by atoms with van der Waals surface area (Å²) in [5.41, 5.74) is 4.76. The number of carbonyl (C=O) groups excluding carboxylic acids is 1. The fourth-order valence-corrected chi connectivity index (χ4v) is 4.86. The number of fused-ring (bicyclic) bond motifs is 3. The van der Waals surface area contributed by atoms with Crippen LogP contribution in [0.3, 0.4) is 0 Å². The van der Waals surface area contributed by atoms with Crippen molar-refractivity contribution in [2.24, 2.45) is 0 Å². The van der Waals surface area contributed by atoms with E-state index in [4.69, 9.17) is 4.74 Å². The maximum Gasteiger partial charge on any atom is 0.412 e. The molecule has 1 amide bonds. The third kappa shape index (κ3) is 3.77. The summed E-state index contributed by atoms with van der Waals surface area (Å²) in [6.07, 6.45) is 0.860. The first-order valence-corrected chi connectivity index (χ1v) is 10.8. The van der Waals surface area contributed by atoms with Crippen molar-refractivity contribution in [2.45, 2.75) is 38.0 Å². The quantitative estimate of drug-likeness (QED) is 0.643. The van der Waals surface area contributed by atoms with Gasteiger partial charge in [0.1, 0.15) is 5.75 Å². The lowest BCUT2D eigenvalue weighted by molar-refractivity contribution is 0.200. The Balaban J connectivity index is 1.34. The summed E-state index contributed by atoms with van der Waals surface area (Å²) in [5, 5.41) is 6.51. The molecule has 31 heavy (non-hydrogen) atoms. The van der Waals surface area contributed by atoms with Crippen LogP contribution >= 0.6 is 0 Å². The van der Waals surface area contributed by atoms with Crippen molar-refractivity contribution in [3.8, 4) is 5.75 Å². The summed E-state index contributed by atoms with van der Waals surface area (Å²) in [7, 11) is 0. The van der Waals surface area contributed by atoms with Crippen molar-refractivity contribution in [3.05, 3.63) is 95.6 Å². The number of rotatable bonds is 5. The Bertz CT molecular complexity index is 1070. The fraction of sp³-hybridized carbons (Fsp3) is 0.269. The molecule has 2 heterocycles. The zero-order valence-corrected chi connectivity index (χ0v) is 17.7. The largest absolute Gasteiger partial charge is 0.412 e. The van der Waals surface area contributed by atoms with Gasteiger partial charge in [-0.25, -0.2) is 4.79 Å². The van der Waals surface area contributed by atoms with Crippen LogP contribution in [0.1, 0.15) is 30.0 Å². The van der Waals surface area contributed by atoms with Crippen LogP contribution in [0.15, 0.2) is 78.9 Å². The topological polar surface area (TPSA) is 53.6 Å². The molecule has 0 aliphatic carbocycles. The van der Waals surface area contributed by atoms with E-state index in [1.54, 1.807) is 0 Å². The van der Waals surface area contributed by atoms with Crippen molar-refractivity contribution in [1.82, 2.24) is 10.6 Å². The van der Waals surface area contributed by atoms with Crippen molar-refractivity contribution in [1.29, 1.82) is 0 Å². The van der Waals surface area contributed by atoms with Gasteiger partial charge >= 0.3 is 6.09 Å². The molecule has 0 spiro atoms. The van der Waals surface area contributed by atoms with Crippen LogP contribution < -0.4 is 20.3 Å². The number of hydrogen-bond donors (Lipinski definition) is 2. The average Bonchev–Trinajstić information content (AvgIpc) is 3.29. The Morgan fingerprint density at radius 3 is 2.52 bits per heavy atom. The molecule has 1 fully saturated rings. The van der Waals surface area contributed by atoms with Crippen LogP contribution in [0.25, 0.3) is 0 Å². The number of nitrogens with zero attached hydrogens (tertiary/aromatic N) is 1. The standard InChI is InChI=1S/C26H27N3O2/c1-26-14-15-27-24(26)29(18-20-10-6-3-7-11-20)23-13-12-21(16-22(23)26)31-25(30)28-17-19-8-4-2-5-9-19/h2-13,16,24,27H,14-15,17-18H2,1H3,(H,28,30)/t24?,26-/m0/s1. The zero-order chi connectivity index (χ0) is 21.3. The number of nitrogens with one attached hydrogen (secondary N) is 2. The van der Waals surface area contributed by atoms with Gasteiger partial charge < -0.3 is 15.0 Å². The first-order valence-electron chi connectivity index (χ1n) is 10.8. The Morgan fingerprint density at radius 2 is 1.77 bits per heavy atom. The minimum Gasteiger partial charge on any atom is -0.410 e. The molecule has 5 heteroatoms. The van der Waals surface area contributed by atoms with Crippen LogP contribution in [-0.2, 0) is 18.5 Å². The van der Waals surface area contributed by atoms with E-state index < -0.39 is 6.09 Å². The highest BCUT2D eigenvalue weighted by Crippen LogP contribution is 2.50. The lowest BCUT2D eigenvalue weighted by Crippen LogP contribution is -2.46. The van der Waals surface area contributed by atoms with E-state index in [0.29, 0.717) is 12.3 Å². The predicted octanol–water partition coefficient (Wildman–Crippen LogP) is 4.57. The third-order valence-corrected chi connectivity index (χ3v) is 6.48. The van der Waals surface area contributed by atoms with E-state index in [-0.39, 0.29) is 11.6 Å². The second kappa shape index (κ2) is 8.08. The summed E-state index contributed by atoms with van der Waals surface area (Å²) in [6, 6.07) is 26.4. The van der Waals surface area contributed by atoms with E-state index in [0.717, 1.165) is 25.1 Å². The smallest absolute Gasteiger partial charge is 0.410 e. The molecule has 2 aliphatic heterocycles. The Kier molecular flexibility index (Phi) is 5.12. The monoisotopic (exact) mass is 413 g/mol. The first kappa shape index (κ1) is 19.6. The van der Waals surface area contributed by atoms with Crippen molar-refractivity contribution < 1.29 is 9.53 Å². The van der Waals surface area contributed by atoms with Gasteiger partial charge in [0.15, 0.2) is 0 Å². The second-order valence-corrected chi connectivity index (χ2v) is 8.55. The van der Waals surface area contributed by atoms with E-state index in [1.165, 1.54) is 16.8 Å². The summed E-state index contributed by atoms with van der Waals surface area (Å²) >= 11 is 0. The molecule has 0 saturated carbocycles. The van der Waals surface area contributed by atoms with E-state index in [1.807, 2.05) is 48.5 Å². The molecule has 5 rings (SSSR count). The van der Waals surface area contributed by atoms with Gasteiger partial charge in [0.25, 0.3) is 0 Å². The normalized spacial score (nSPS) is 21.5. The molecule has 2 N–H and O–H groups in total. The number of ether oxygens (including phenoxy) is 1. The summed E-state index contributed by atoms with van der Waals surface area (Å²) in [6.45, 7) is 4.58. The van der Waals surface area contributed by atoms with Gasteiger partial charge in [-0.2, -0.15) is 0 Å². The molecular formula is C26H27N3O2. The molecule has 158 valence electrons. The van der Waals surface area contributed by atoms with Crippen molar-refractivity contribution in [3.63, 3.8) is 0 Å². The second-order valence-electron chi connectivity index (χ2n) is 8.55. The summed E-state index contributed by atoms with van der Waals surface area (Å²) in [5.74, 6) is 0.581. The van der Waals surface area contributed by atoms with Gasteiger partial charge in [0.2, 0.25) is 0 Å². The van der Waals surface area contributed by atoms with Crippen LogP contribution in [0, 0.1) is 0 Å². The van der Waals surface area contributed by atoms with Crippen molar-refractivity contribution in [2.75, 3.05) is 11.4 Å². The number of carbonyl (C=O) groups is 1. The van der Waals surface area contributed by atoms with Gasteiger partial charge in [-0.15, -0.1) is 0 Å². The van der Waals surface area contributed by atoms with Crippen LogP contribution in [0.2, 0.25) is 0 Å². The van der Waals surface area contributed by atoms with Gasteiger partial charge in [-0.05, 0) is 47.9 Å². The number of anilines is 1. The Morgan fingerprint density at radius 1 is 1.06 bits per heavy atom. The average molecular weight is 414 g/mol. The maximum atomic E-state index is 12.3. The molecule has 1 unspecified atom stereocenters. The van der Waals surface area contributed by atoms with Crippen molar-refractivity contribution >= 4 is 11.8 Å². The molecular weight excluding hydrogens is 386 g/mol. The molecule has 2 aliphatic rings. The number of hydrogen-bond acceptors (Lipinski definition) is 4. The van der Waals surface area contributed by atoms with Gasteiger partial charge in [0, 0.05) is 24.2 Å². The highest BCUT2D eigenvalue weighted by molar-refractivity contribution is 5.72. The fourth-order valence-electron chi connectivity index (χ4n) is 4.86. The van der Waals surface area contributed by atoms with Crippen LogP contribution in [0.5, 0.6) is 5.75 Å². The lowest BCUT2D eigenvalue weighted by atomic mass is 9.81. The third-order valence-electron chi connectivity index (χ3n) is 6.48. The molecule has 0 bridgehead atoms. The molecule has 0 radical (unpaired) electrons. The van der Waals surface area contributed by atoms with E-state index in [2.05, 4.69) is 52.8 Å². The Hall–Kier alpha value is -3.31. The number of amides is 1. The molecule has 3 aromatic rings. The Labute approximate surface area is 183 Å². The van der Waals surface area contributed by atoms with Gasteiger partial charge in [-0.1, -0.05) is 67.6 Å².